The zero-order valence-electron chi connectivity index (χ0n) is 11.6. The highest BCUT2D eigenvalue weighted by Crippen LogP contribution is 2.23. The number of pyridine rings is 1. The van der Waals surface area contributed by atoms with Crippen LogP contribution >= 0.6 is 11.8 Å². The maximum atomic E-state index is 10.00. The van der Waals surface area contributed by atoms with Crippen molar-refractivity contribution in [2.24, 2.45) is 5.73 Å². The third-order valence-electron chi connectivity index (χ3n) is 2.98. The third-order valence-corrected chi connectivity index (χ3v) is 4.00. The van der Waals surface area contributed by atoms with Crippen LogP contribution in [-0.2, 0) is 0 Å². The number of nitriles is 1. The standard InChI is InChI=1S/C14H16N4O2S/c1-9-2-3-10(8-15)14(17-9)21-7-5-11(16)13(19)12-4-6-20-18-12/h2-4,6,11,13,19H,5,7,16H2,1H3/t11-,13?/m0/s1. The van der Waals surface area contributed by atoms with Crippen LogP contribution in [0.3, 0.4) is 0 Å². The quantitative estimate of drug-likeness (QED) is 0.783. The molecule has 0 spiro atoms. The Morgan fingerprint density at radius 1 is 1.48 bits per heavy atom. The molecule has 6 nitrogen and oxygen atoms in total. The van der Waals surface area contributed by atoms with E-state index in [2.05, 4.69) is 20.7 Å². The second-order valence-corrected chi connectivity index (χ2v) is 5.67. The van der Waals surface area contributed by atoms with Gasteiger partial charge in [0.2, 0.25) is 0 Å². The summed E-state index contributed by atoms with van der Waals surface area (Å²) in [5, 5.41) is 23.4. The number of rotatable bonds is 6. The summed E-state index contributed by atoms with van der Waals surface area (Å²) in [5.74, 6) is 0.654. The molecule has 2 rings (SSSR count). The lowest BCUT2D eigenvalue weighted by molar-refractivity contribution is 0.136. The maximum Gasteiger partial charge on any atom is 0.124 e. The van der Waals surface area contributed by atoms with Crippen LogP contribution in [0, 0.1) is 18.3 Å². The number of aromatic nitrogens is 2. The van der Waals surface area contributed by atoms with Crippen LogP contribution < -0.4 is 5.73 Å². The van der Waals surface area contributed by atoms with Gasteiger partial charge in [0.15, 0.2) is 0 Å². The van der Waals surface area contributed by atoms with Crippen molar-refractivity contribution in [3.8, 4) is 6.07 Å². The molecular formula is C14H16N4O2S. The average Bonchev–Trinajstić information content (AvgIpc) is 3.00. The third kappa shape index (κ3) is 4.04. The van der Waals surface area contributed by atoms with Crippen LogP contribution in [-0.4, -0.2) is 27.0 Å². The second-order valence-electron chi connectivity index (χ2n) is 4.59. The van der Waals surface area contributed by atoms with Gasteiger partial charge in [-0.1, -0.05) is 5.16 Å². The Labute approximate surface area is 127 Å². The molecule has 2 heterocycles. The van der Waals surface area contributed by atoms with E-state index >= 15 is 0 Å². The van der Waals surface area contributed by atoms with E-state index in [9.17, 15) is 5.11 Å². The average molecular weight is 304 g/mol. The number of nitrogens with zero attached hydrogens (tertiary/aromatic N) is 3. The van der Waals surface area contributed by atoms with Gasteiger partial charge in [-0.05, 0) is 25.5 Å². The maximum absolute atomic E-state index is 10.00. The van der Waals surface area contributed by atoms with E-state index in [0.29, 0.717) is 28.5 Å². The lowest BCUT2D eigenvalue weighted by Crippen LogP contribution is -2.29. The second kappa shape index (κ2) is 7.22. The van der Waals surface area contributed by atoms with Gasteiger partial charge in [0.05, 0.1) is 5.56 Å². The van der Waals surface area contributed by atoms with Gasteiger partial charge in [0.25, 0.3) is 0 Å². The molecule has 110 valence electrons. The van der Waals surface area contributed by atoms with E-state index in [1.54, 1.807) is 12.1 Å². The zero-order valence-corrected chi connectivity index (χ0v) is 12.4. The van der Waals surface area contributed by atoms with E-state index in [1.807, 2.05) is 13.0 Å². The summed E-state index contributed by atoms with van der Waals surface area (Å²) in [5.41, 5.74) is 7.79. The van der Waals surface area contributed by atoms with Crippen molar-refractivity contribution >= 4 is 11.8 Å². The van der Waals surface area contributed by atoms with Crippen molar-refractivity contribution in [3.63, 3.8) is 0 Å². The first-order chi connectivity index (χ1) is 10.1. The van der Waals surface area contributed by atoms with Gasteiger partial charge in [-0.15, -0.1) is 11.8 Å². The number of aryl methyl sites for hydroxylation is 1. The molecule has 0 fully saturated rings. The number of thioether (sulfide) groups is 1. The summed E-state index contributed by atoms with van der Waals surface area (Å²) < 4.78 is 4.69. The van der Waals surface area contributed by atoms with Crippen molar-refractivity contribution in [2.75, 3.05) is 5.75 Å². The molecule has 0 aliphatic carbocycles. The van der Waals surface area contributed by atoms with Crippen molar-refractivity contribution in [3.05, 3.63) is 41.4 Å². The Morgan fingerprint density at radius 2 is 2.29 bits per heavy atom. The van der Waals surface area contributed by atoms with Crippen molar-refractivity contribution in [1.29, 1.82) is 5.26 Å². The first-order valence-electron chi connectivity index (χ1n) is 6.46. The predicted molar refractivity (Wildman–Crippen MR) is 78.5 cm³/mol. The van der Waals surface area contributed by atoms with Gasteiger partial charge in [-0.2, -0.15) is 5.26 Å². The SMILES string of the molecule is Cc1ccc(C#N)c(SCC[C@H](N)C(O)c2ccon2)n1. The Balaban J connectivity index is 1.90. The highest BCUT2D eigenvalue weighted by atomic mass is 32.2. The first-order valence-corrected chi connectivity index (χ1v) is 7.45. The summed E-state index contributed by atoms with van der Waals surface area (Å²) in [4.78, 5) is 4.35. The van der Waals surface area contributed by atoms with Crippen LogP contribution in [0.4, 0.5) is 0 Å². The van der Waals surface area contributed by atoms with Gasteiger partial charge in [0, 0.05) is 23.6 Å². The lowest BCUT2D eigenvalue weighted by Gasteiger charge is -2.16. The highest BCUT2D eigenvalue weighted by Gasteiger charge is 2.19. The van der Waals surface area contributed by atoms with Gasteiger partial charge in [0.1, 0.15) is 29.2 Å². The minimum absolute atomic E-state index is 0.430. The molecule has 0 bridgehead atoms. The number of hydrogen-bond donors (Lipinski definition) is 2. The molecule has 0 amide bonds. The molecular weight excluding hydrogens is 288 g/mol. The van der Waals surface area contributed by atoms with Crippen molar-refractivity contribution in [1.82, 2.24) is 10.1 Å². The highest BCUT2D eigenvalue weighted by molar-refractivity contribution is 7.99. The van der Waals surface area contributed by atoms with Crippen molar-refractivity contribution < 1.29 is 9.63 Å². The summed E-state index contributed by atoms with van der Waals surface area (Å²) in [6, 6.07) is 6.83. The molecule has 21 heavy (non-hydrogen) atoms. The molecule has 0 saturated carbocycles. The van der Waals surface area contributed by atoms with Crippen LogP contribution in [0.1, 0.15) is 29.5 Å². The molecule has 2 aromatic rings. The van der Waals surface area contributed by atoms with Gasteiger partial charge in [-0.25, -0.2) is 4.98 Å². The molecule has 2 aromatic heterocycles. The smallest absolute Gasteiger partial charge is 0.124 e. The Kier molecular flexibility index (Phi) is 5.33. The summed E-state index contributed by atoms with van der Waals surface area (Å²) in [7, 11) is 0. The van der Waals surface area contributed by atoms with Crippen LogP contribution in [0.5, 0.6) is 0 Å². The number of nitrogens with two attached hydrogens (primary N) is 1. The molecule has 0 radical (unpaired) electrons. The van der Waals surface area contributed by atoms with Crippen LogP contribution in [0.15, 0.2) is 34.0 Å². The van der Waals surface area contributed by atoms with Crippen molar-refractivity contribution in [2.45, 2.75) is 30.5 Å². The Bertz CT molecular complexity index is 624. The number of hydrogen-bond acceptors (Lipinski definition) is 7. The van der Waals surface area contributed by atoms with E-state index in [1.165, 1.54) is 18.0 Å². The molecule has 0 saturated heterocycles. The molecule has 1 unspecified atom stereocenters. The predicted octanol–water partition coefficient (Wildman–Crippen LogP) is 1.79. The van der Waals surface area contributed by atoms with Crippen LogP contribution in [0.2, 0.25) is 0 Å². The number of aliphatic hydroxyl groups excluding tert-OH is 1. The summed E-state index contributed by atoms with van der Waals surface area (Å²) in [6.45, 7) is 1.88. The minimum atomic E-state index is -0.856. The molecule has 2 atom stereocenters. The van der Waals surface area contributed by atoms with Gasteiger partial charge in [-0.3, -0.25) is 0 Å². The number of aliphatic hydroxyl groups is 1. The monoisotopic (exact) mass is 304 g/mol. The molecule has 0 aliphatic heterocycles. The molecule has 7 heteroatoms. The van der Waals surface area contributed by atoms with E-state index < -0.39 is 12.1 Å². The fourth-order valence-electron chi connectivity index (χ4n) is 1.77. The minimum Gasteiger partial charge on any atom is -0.385 e. The zero-order chi connectivity index (χ0) is 15.2. The van der Waals surface area contributed by atoms with E-state index in [0.717, 1.165) is 5.69 Å². The Morgan fingerprint density at radius 3 is 2.95 bits per heavy atom. The normalized spacial score (nSPS) is 13.6. The fraction of sp³-hybridized carbons (Fsp3) is 0.357. The largest absolute Gasteiger partial charge is 0.385 e. The van der Waals surface area contributed by atoms with Gasteiger partial charge < -0.3 is 15.4 Å². The first kappa shape index (κ1) is 15.5. The summed E-state index contributed by atoms with van der Waals surface area (Å²) in [6.07, 6.45) is 1.11. The van der Waals surface area contributed by atoms with E-state index in [-0.39, 0.29) is 0 Å². The van der Waals surface area contributed by atoms with Crippen LogP contribution in [0.25, 0.3) is 0 Å². The molecule has 0 aromatic carbocycles. The topological polar surface area (TPSA) is 109 Å². The fourth-order valence-corrected chi connectivity index (χ4v) is 2.83. The molecule has 3 N–H and O–H groups in total. The molecule has 0 aliphatic rings. The Hall–Kier alpha value is -1.88. The summed E-state index contributed by atoms with van der Waals surface area (Å²) >= 11 is 1.46. The van der Waals surface area contributed by atoms with E-state index in [4.69, 9.17) is 11.0 Å². The van der Waals surface area contributed by atoms with Gasteiger partial charge >= 0.3 is 0 Å². The lowest BCUT2D eigenvalue weighted by atomic mass is 10.1.